The zero-order valence-corrected chi connectivity index (χ0v) is 26.6. The molecule has 0 unspecified atom stereocenters. The van der Waals surface area contributed by atoms with Crippen LogP contribution >= 0.6 is 0 Å². The Bertz CT molecular complexity index is 2750. The van der Waals surface area contributed by atoms with E-state index in [1.54, 1.807) is 0 Å². The highest BCUT2D eigenvalue weighted by Gasteiger charge is 2.51. The summed E-state index contributed by atoms with van der Waals surface area (Å²) in [7, 11) is 0. The molecule has 2 heterocycles. The topological polar surface area (TPSA) is 14.2 Å². The zero-order chi connectivity index (χ0) is 32.1. The van der Waals surface area contributed by atoms with E-state index in [0.29, 0.717) is 0 Å². The van der Waals surface area contributed by atoms with Crippen molar-refractivity contribution in [3.05, 3.63) is 198 Å². The first-order valence-electron chi connectivity index (χ1n) is 16.9. The molecule has 0 radical (unpaired) electrons. The molecule has 0 N–H and O–H groups in total. The summed E-state index contributed by atoms with van der Waals surface area (Å²) in [6, 6.07) is 64.0. The van der Waals surface area contributed by atoms with E-state index in [0.717, 1.165) is 28.2 Å². The number of nitrogens with zero attached hydrogens (tertiary/aromatic N) is 1. The normalized spacial score (nSPS) is 13.6. The smallest absolute Gasteiger partial charge is 0.156 e. The molecule has 2 heteroatoms. The maximum Gasteiger partial charge on any atom is 0.156 e. The van der Waals surface area contributed by atoms with Crippen molar-refractivity contribution >= 4 is 32.6 Å². The maximum absolute atomic E-state index is 7.12. The second kappa shape index (κ2) is 9.82. The van der Waals surface area contributed by atoms with Crippen molar-refractivity contribution in [3.63, 3.8) is 0 Å². The van der Waals surface area contributed by atoms with Crippen molar-refractivity contribution in [2.45, 2.75) is 5.41 Å². The van der Waals surface area contributed by atoms with Crippen LogP contribution in [0.4, 0.5) is 0 Å². The third-order valence-corrected chi connectivity index (χ3v) is 10.9. The van der Waals surface area contributed by atoms with Gasteiger partial charge in [0, 0.05) is 27.6 Å². The van der Waals surface area contributed by atoms with Crippen molar-refractivity contribution in [1.29, 1.82) is 0 Å². The highest BCUT2D eigenvalue weighted by atomic mass is 16.5. The van der Waals surface area contributed by atoms with Crippen molar-refractivity contribution in [2.75, 3.05) is 0 Å². The first-order valence-corrected chi connectivity index (χ1v) is 16.9. The SMILES string of the molecule is c1ccc2c(c1)Oc1c(ccc3c4ccccc4n(-c4ccc(-c5cccc6ccccc56)cc4)c13)C21c2ccccc2-c2ccccc21. The highest BCUT2D eigenvalue weighted by molar-refractivity contribution is 6.12. The number of para-hydroxylation sites is 2. The molecule has 2 aliphatic rings. The van der Waals surface area contributed by atoms with Crippen LogP contribution in [-0.2, 0) is 5.41 Å². The number of ether oxygens (including phenoxy) is 1. The van der Waals surface area contributed by atoms with Gasteiger partial charge >= 0.3 is 0 Å². The summed E-state index contributed by atoms with van der Waals surface area (Å²) in [6.07, 6.45) is 0. The maximum atomic E-state index is 7.12. The number of aromatic nitrogens is 1. The molecule has 228 valence electrons. The lowest BCUT2D eigenvalue weighted by molar-refractivity contribution is 0.440. The van der Waals surface area contributed by atoms with Crippen LogP contribution in [0.1, 0.15) is 22.3 Å². The molecule has 1 aliphatic carbocycles. The van der Waals surface area contributed by atoms with Crippen molar-refractivity contribution in [3.8, 4) is 39.4 Å². The first kappa shape index (κ1) is 26.7. The van der Waals surface area contributed by atoms with E-state index in [1.165, 1.54) is 66.1 Å². The van der Waals surface area contributed by atoms with Crippen LogP contribution in [0.2, 0.25) is 0 Å². The van der Waals surface area contributed by atoms with Gasteiger partial charge in [0.2, 0.25) is 0 Å². The Morgan fingerprint density at radius 3 is 1.82 bits per heavy atom. The molecule has 2 nitrogen and oxygen atoms in total. The standard InChI is InChI=1S/C47H29NO/c1-2-14-33-30(12-1)13-11-18-34(33)31-24-26-32(27-25-31)48-43-22-9-5-17-37(43)38-28-29-42-46(45(38)48)49-44-23-10-8-21-41(44)47(42)39-19-6-3-15-35(39)36-16-4-7-20-40(36)47/h1-29H. The van der Waals surface area contributed by atoms with E-state index in [4.69, 9.17) is 4.74 Å². The van der Waals surface area contributed by atoms with Gasteiger partial charge in [0.15, 0.2) is 5.75 Å². The molecule has 0 amide bonds. The highest BCUT2D eigenvalue weighted by Crippen LogP contribution is 2.63. The summed E-state index contributed by atoms with van der Waals surface area (Å²) < 4.78 is 9.53. The Morgan fingerprint density at radius 1 is 0.408 bits per heavy atom. The zero-order valence-electron chi connectivity index (χ0n) is 26.6. The van der Waals surface area contributed by atoms with Gasteiger partial charge < -0.3 is 9.30 Å². The van der Waals surface area contributed by atoms with Crippen LogP contribution < -0.4 is 4.74 Å². The third-order valence-electron chi connectivity index (χ3n) is 10.9. The van der Waals surface area contributed by atoms with Crippen LogP contribution in [-0.4, -0.2) is 4.57 Å². The Hall–Kier alpha value is -6.38. The Balaban J connectivity index is 1.22. The van der Waals surface area contributed by atoms with Gasteiger partial charge in [-0.2, -0.15) is 0 Å². The average Bonchev–Trinajstić information content (AvgIpc) is 3.66. The Labute approximate surface area is 284 Å². The predicted molar refractivity (Wildman–Crippen MR) is 201 cm³/mol. The molecule has 8 aromatic carbocycles. The summed E-state index contributed by atoms with van der Waals surface area (Å²) in [5.74, 6) is 1.81. The second-order valence-corrected chi connectivity index (χ2v) is 13.2. The monoisotopic (exact) mass is 623 g/mol. The molecular weight excluding hydrogens is 595 g/mol. The summed E-state index contributed by atoms with van der Waals surface area (Å²) in [6.45, 7) is 0. The average molecular weight is 624 g/mol. The van der Waals surface area contributed by atoms with Crippen molar-refractivity contribution < 1.29 is 4.74 Å². The molecule has 1 spiro atoms. The fraction of sp³-hybridized carbons (Fsp3) is 0.0213. The molecule has 1 aliphatic heterocycles. The lowest BCUT2D eigenvalue weighted by Gasteiger charge is -2.39. The fourth-order valence-corrected chi connectivity index (χ4v) is 8.90. The van der Waals surface area contributed by atoms with Gasteiger partial charge in [0.1, 0.15) is 5.75 Å². The van der Waals surface area contributed by atoms with E-state index in [2.05, 4.69) is 180 Å². The van der Waals surface area contributed by atoms with Crippen LogP contribution in [0.3, 0.4) is 0 Å². The lowest BCUT2D eigenvalue weighted by Crippen LogP contribution is -2.32. The van der Waals surface area contributed by atoms with Crippen LogP contribution in [0.5, 0.6) is 11.5 Å². The minimum atomic E-state index is -0.509. The van der Waals surface area contributed by atoms with E-state index in [-0.39, 0.29) is 0 Å². The Morgan fingerprint density at radius 2 is 1.02 bits per heavy atom. The summed E-state index contributed by atoms with van der Waals surface area (Å²) >= 11 is 0. The summed E-state index contributed by atoms with van der Waals surface area (Å²) in [5, 5.41) is 4.90. The molecular formula is C47H29NO. The first-order chi connectivity index (χ1) is 24.3. The second-order valence-electron chi connectivity index (χ2n) is 13.2. The number of benzene rings is 8. The third kappa shape index (κ3) is 3.45. The van der Waals surface area contributed by atoms with E-state index < -0.39 is 5.41 Å². The van der Waals surface area contributed by atoms with E-state index in [9.17, 15) is 0 Å². The van der Waals surface area contributed by atoms with E-state index >= 15 is 0 Å². The minimum absolute atomic E-state index is 0.509. The van der Waals surface area contributed by atoms with Crippen LogP contribution in [0.25, 0.3) is 60.5 Å². The van der Waals surface area contributed by atoms with Gasteiger partial charge in [-0.15, -0.1) is 0 Å². The largest absolute Gasteiger partial charge is 0.454 e. The molecule has 0 atom stereocenters. The number of rotatable bonds is 2. The molecule has 1 aromatic heterocycles. The van der Waals surface area contributed by atoms with Crippen LogP contribution in [0, 0.1) is 0 Å². The van der Waals surface area contributed by atoms with Crippen molar-refractivity contribution in [1.82, 2.24) is 4.57 Å². The number of fused-ring (bicyclic) bond motifs is 14. The van der Waals surface area contributed by atoms with Gasteiger partial charge in [0.05, 0.1) is 16.4 Å². The van der Waals surface area contributed by atoms with E-state index in [1.807, 2.05) is 0 Å². The quantitative estimate of drug-likeness (QED) is 0.187. The van der Waals surface area contributed by atoms with Gasteiger partial charge in [0.25, 0.3) is 0 Å². The fourth-order valence-electron chi connectivity index (χ4n) is 8.90. The minimum Gasteiger partial charge on any atom is -0.454 e. The van der Waals surface area contributed by atoms with Gasteiger partial charge in [-0.25, -0.2) is 0 Å². The molecule has 0 fully saturated rings. The molecule has 0 saturated carbocycles. The Kier molecular flexibility index (Phi) is 5.34. The molecule has 49 heavy (non-hydrogen) atoms. The number of hydrogen-bond donors (Lipinski definition) is 0. The summed E-state index contributed by atoms with van der Waals surface area (Å²) in [4.78, 5) is 0. The van der Waals surface area contributed by atoms with Crippen molar-refractivity contribution in [2.24, 2.45) is 0 Å². The molecule has 9 aromatic rings. The van der Waals surface area contributed by atoms with Gasteiger partial charge in [-0.05, 0) is 68.4 Å². The molecule has 0 bridgehead atoms. The molecule has 11 rings (SSSR count). The van der Waals surface area contributed by atoms with Gasteiger partial charge in [-0.3, -0.25) is 0 Å². The lowest BCUT2D eigenvalue weighted by atomic mass is 9.66. The predicted octanol–water partition coefficient (Wildman–Crippen LogP) is 12.1. The summed E-state index contributed by atoms with van der Waals surface area (Å²) in [5.41, 5.74) is 12.8. The molecule has 0 saturated heterocycles. The number of hydrogen-bond acceptors (Lipinski definition) is 1. The van der Waals surface area contributed by atoms with Gasteiger partial charge in [-0.1, -0.05) is 152 Å². The van der Waals surface area contributed by atoms with Crippen LogP contribution in [0.15, 0.2) is 176 Å².